The van der Waals surface area contributed by atoms with Crippen LogP contribution in [-0.2, 0) is 6.54 Å². The lowest BCUT2D eigenvalue weighted by molar-refractivity contribution is 0.0624. The Morgan fingerprint density at radius 3 is 2.48 bits per heavy atom. The third kappa shape index (κ3) is 4.58. The molecule has 1 fully saturated rings. The summed E-state index contributed by atoms with van der Waals surface area (Å²) in [5.74, 6) is 0.473. The van der Waals surface area contributed by atoms with Gasteiger partial charge >= 0.3 is 0 Å². The summed E-state index contributed by atoms with van der Waals surface area (Å²) in [4.78, 5) is 21.0. The molecule has 0 N–H and O–H groups in total. The molecule has 0 bridgehead atoms. The van der Waals surface area contributed by atoms with Crippen molar-refractivity contribution >= 4 is 29.1 Å². The maximum Gasteiger partial charge on any atom is 0.257 e. The monoisotopic (exact) mass is 434 g/mol. The van der Waals surface area contributed by atoms with Crippen LogP contribution in [0.15, 0.2) is 47.0 Å². The van der Waals surface area contributed by atoms with E-state index in [1.54, 1.807) is 35.2 Å². The van der Waals surface area contributed by atoms with Crippen molar-refractivity contribution in [3.63, 3.8) is 0 Å². The van der Waals surface area contributed by atoms with E-state index in [4.69, 9.17) is 27.7 Å². The Morgan fingerprint density at radius 2 is 1.79 bits per heavy atom. The standard InChI is InChI=1S/C20H17Cl2FN4O2/c21-14-3-6-16(17(22)11-14)20(28)27-9-7-26(8-10-27)12-18-24-19(29-25-18)13-1-4-15(23)5-2-13/h1-6,11H,7-10,12H2. The summed E-state index contributed by atoms with van der Waals surface area (Å²) < 4.78 is 18.3. The molecular weight excluding hydrogens is 418 g/mol. The summed E-state index contributed by atoms with van der Waals surface area (Å²) in [6, 6.07) is 10.8. The van der Waals surface area contributed by atoms with Crippen LogP contribution in [0.1, 0.15) is 16.2 Å². The Hall–Kier alpha value is -2.48. The molecule has 1 aliphatic heterocycles. The Kier molecular flexibility index (Phi) is 5.80. The van der Waals surface area contributed by atoms with Crippen LogP contribution in [0.4, 0.5) is 4.39 Å². The van der Waals surface area contributed by atoms with E-state index in [9.17, 15) is 9.18 Å². The number of carbonyl (C=O) groups is 1. The van der Waals surface area contributed by atoms with Crippen LogP contribution in [0.2, 0.25) is 10.0 Å². The maximum atomic E-state index is 13.0. The molecule has 0 radical (unpaired) electrons. The van der Waals surface area contributed by atoms with Crippen LogP contribution >= 0.6 is 23.2 Å². The molecule has 0 spiro atoms. The summed E-state index contributed by atoms with van der Waals surface area (Å²) in [7, 11) is 0. The lowest BCUT2D eigenvalue weighted by Gasteiger charge is -2.34. The Bertz CT molecular complexity index is 1020. The van der Waals surface area contributed by atoms with Crippen molar-refractivity contribution in [2.45, 2.75) is 6.54 Å². The molecule has 1 aliphatic rings. The SMILES string of the molecule is O=C(c1ccc(Cl)cc1Cl)N1CCN(Cc2noc(-c3ccc(F)cc3)n2)CC1. The predicted octanol–water partition coefficient (Wildman–Crippen LogP) is 4.14. The van der Waals surface area contributed by atoms with Crippen molar-refractivity contribution in [2.24, 2.45) is 0 Å². The van der Waals surface area contributed by atoms with Gasteiger partial charge in [0.15, 0.2) is 5.82 Å². The number of aromatic nitrogens is 2. The fourth-order valence-electron chi connectivity index (χ4n) is 3.17. The van der Waals surface area contributed by atoms with E-state index in [1.165, 1.54) is 12.1 Å². The van der Waals surface area contributed by atoms with Crippen molar-refractivity contribution in [2.75, 3.05) is 26.2 Å². The zero-order chi connectivity index (χ0) is 20.4. The summed E-state index contributed by atoms with van der Waals surface area (Å²) in [5.41, 5.74) is 1.12. The average molecular weight is 435 g/mol. The van der Waals surface area contributed by atoms with E-state index in [1.807, 2.05) is 0 Å². The van der Waals surface area contributed by atoms with Crippen molar-refractivity contribution < 1.29 is 13.7 Å². The number of hydrogen-bond acceptors (Lipinski definition) is 5. The fraction of sp³-hybridized carbons (Fsp3) is 0.250. The first-order chi connectivity index (χ1) is 14.0. The van der Waals surface area contributed by atoms with Crippen LogP contribution in [-0.4, -0.2) is 52.0 Å². The Labute approximate surface area is 176 Å². The number of carbonyl (C=O) groups excluding carboxylic acids is 1. The van der Waals surface area contributed by atoms with Gasteiger partial charge in [-0.15, -0.1) is 0 Å². The number of benzene rings is 2. The molecule has 3 aromatic rings. The van der Waals surface area contributed by atoms with Gasteiger partial charge in [0.05, 0.1) is 17.1 Å². The van der Waals surface area contributed by atoms with Gasteiger partial charge in [0, 0.05) is 36.8 Å². The zero-order valence-corrected chi connectivity index (χ0v) is 16.8. The van der Waals surface area contributed by atoms with Crippen molar-refractivity contribution in [1.29, 1.82) is 0 Å². The third-order valence-electron chi connectivity index (χ3n) is 4.75. The predicted molar refractivity (Wildman–Crippen MR) is 107 cm³/mol. The summed E-state index contributed by atoms with van der Waals surface area (Å²) in [6.07, 6.45) is 0. The van der Waals surface area contributed by atoms with E-state index in [0.29, 0.717) is 65.6 Å². The van der Waals surface area contributed by atoms with Crippen LogP contribution in [0, 0.1) is 5.82 Å². The Morgan fingerprint density at radius 1 is 1.07 bits per heavy atom. The first-order valence-corrected chi connectivity index (χ1v) is 9.80. The average Bonchev–Trinajstić information content (AvgIpc) is 3.17. The van der Waals surface area contributed by atoms with Gasteiger partial charge in [0.25, 0.3) is 11.8 Å². The number of nitrogens with zero attached hydrogens (tertiary/aromatic N) is 4. The minimum Gasteiger partial charge on any atom is -0.336 e. The highest BCUT2D eigenvalue weighted by Crippen LogP contribution is 2.23. The van der Waals surface area contributed by atoms with Crippen LogP contribution in [0.3, 0.4) is 0 Å². The molecule has 4 rings (SSSR count). The van der Waals surface area contributed by atoms with Gasteiger partial charge in [-0.1, -0.05) is 28.4 Å². The van der Waals surface area contributed by atoms with Gasteiger partial charge in [0.1, 0.15) is 5.82 Å². The van der Waals surface area contributed by atoms with Crippen LogP contribution in [0.25, 0.3) is 11.5 Å². The molecule has 150 valence electrons. The number of hydrogen-bond donors (Lipinski definition) is 0. The van der Waals surface area contributed by atoms with Gasteiger partial charge in [-0.3, -0.25) is 9.69 Å². The van der Waals surface area contributed by atoms with Gasteiger partial charge in [-0.25, -0.2) is 4.39 Å². The topological polar surface area (TPSA) is 62.5 Å². The molecule has 0 atom stereocenters. The zero-order valence-electron chi connectivity index (χ0n) is 15.3. The molecular formula is C20H17Cl2FN4O2. The molecule has 2 heterocycles. The number of amides is 1. The van der Waals surface area contributed by atoms with Gasteiger partial charge in [-0.05, 0) is 42.5 Å². The second-order valence-electron chi connectivity index (χ2n) is 6.72. The third-order valence-corrected chi connectivity index (χ3v) is 5.29. The molecule has 0 saturated carbocycles. The fourth-order valence-corrected chi connectivity index (χ4v) is 3.66. The number of rotatable bonds is 4. The van der Waals surface area contributed by atoms with E-state index in [2.05, 4.69) is 15.0 Å². The molecule has 6 nitrogen and oxygen atoms in total. The number of piperazine rings is 1. The molecule has 2 aromatic carbocycles. The van der Waals surface area contributed by atoms with Crippen molar-refractivity contribution in [3.8, 4) is 11.5 Å². The van der Waals surface area contributed by atoms with E-state index in [0.717, 1.165) is 0 Å². The van der Waals surface area contributed by atoms with E-state index < -0.39 is 0 Å². The largest absolute Gasteiger partial charge is 0.336 e. The summed E-state index contributed by atoms with van der Waals surface area (Å²) in [5, 5.41) is 4.85. The quantitative estimate of drug-likeness (QED) is 0.617. The highest BCUT2D eigenvalue weighted by atomic mass is 35.5. The van der Waals surface area contributed by atoms with Crippen molar-refractivity contribution in [1.82, 2.24) is 19.9 Å². The highest BCUT2D eigenvalue weighted by Gasteiger charge is 2.24. The number of halogens is 3. The Balaban J connectivity index is 1.34. The van der Waals surface area contributed by atoms with Crippen molar-refractivity contribution in [3.05, 3.63) is 69.7 Å². The van der Waals surface area contributed by atoms with E-state index in [-0.39, 0.29) is 11.7 Å². The van der Waals surface area contributed by atoms with Crippen LogP contribution < -0.4 is 0 Å². The molecule has 29 heavy (non-hydrogen) atoms. The molecule has 0 aliphatic carbocycles. The highest BCUT2D eigenvalue weighted by molar-refractivity contribution is 6.36. The summed E-state index contributed by atoms with van der Waals surface area (Å²) >= 11 is 12.1. The van der Waals surface area contributed by atoms with Crippen LogP contribution in [0.5, 0.6) is 0 Å². The second kappa shape index (κ2) is 8.49. The lowest BCUT2D eigenvalue weighted by atomic mass is 10.1. The molecule has 1 saturated heterocycles. The van der Waals surface area contributed by atoms with Gasteiger partial charge in [0.2, 0.25) is 0 Å². The van der Waals surface area contributed by atoms with Gasteiger partial charge < -0.3 is 9.42 Å². The molecule has 1 aromatic heterocycles. The first kappa shape index (κ1) is 19.8. The lowest BCUT2D eigenvalue weighted by Crippen LogP contribution is -2.48. The second-order valence-corrected chi connectivity index (χ2v) is 7.56. The normalized spacial score (nSPS) is 14.9. The molecule has 9 heteroatoms. The minimum absolute atomic E-state index is 0.107. The van der Waals surface area contributed by atoms with Gasteiger partial charge in [-0.2, -0.15) is 4.98 Å². The first-order valence-electron chi connectivity index (χ1n) is 9.05. The minimum atomic E-state index is -0.319. The van der Waals surface area contributed by atoms with E-state index >= 15 is 0 Å². The smallest absolute Gasteiger partial charge is 0.257 e. The molecule has 1 amide bonds. The molecule has 0 unspecified atom stereocenters. The maximum absolute atomic E-state index is 13.0. The summed E-state index contributed by atoms with van der Waals surface area (Å²) in [6.45, 7) is 3.00.